The van der Waals surface area contributed by atoms with Gasteiger partial charge in [0, 0.05) is 11.4 Å². The van der Waals surface area contributed by atoms with Crippen LogP contribution in [0, 0.1) is 0 Å². The fourth-order valence-corrected chi connectivity index (χ4v) is 1.89. The molecule has 0 saturated carbocycles. The van der Waals surface area contributed by atoms with E-state index in [0.29, 0.717) is 6.67 Å². The lowest BCUT2D eigenvalue weighted by atomic mass is 10.2. The molecule has 0 saturated heterocycles. The van der Waals surface area contributed by atoms with E-state index < -0.39 is 0 Å². The average Bonchev–Trinajstić information content (AvgIpc) is 2.06. The average molecular weight is 168 g/mol. The van der Waals surface area contributed by atoms with Crippen molar-refractivity contribution in [1.82, 2.24) is 10.6 Å². The van der Waals surface area contributed by atoms with E-state index in [-0.39, 0.29) is 5.91 Å². The van der Waals surface area contributed by atoms with Crippen molar-refractivity contribution in [2.45, 2.75) is 0 Å². The highest BCUT2D eigenvalue weighted by Gasteiger charge is 2.19. The smallest absolute Gasteiger partial charge is 0.251 e. The van der Waals surface area contributed by atoms with E-state index in [0.717, 1.165) is 17.0 Å². The Labute approximate surface area is 68.9 Å². The number of nitrogens with one attached hydrogen (secondary N) is 2. The normalized spacial score (nSPS) is 22.4. The molecule has 0 aromatic rings. The number of thioether (sulfide) groups is 1. The molecule has 11 heavy (non-hydrogen) atoms. The lowest BCUT2D eigenvalue weighted by Gasteiger charge is -2.21. The van der Waals surface area contributed by atoms with E-state index >= 15 is 0 Å². The third-order valence-corrected chi connectivity index (χ3v) is 2.47. The minimum absolute atomic E-state index is 0.0654. The van der Waals surface area contributed by atoms with Crippen LogP contribution in [0.25, 0.3) is 0 Å². The molecule has 0 aromatic carbocycles. The zero-order valence-electron chi connectivity index (χ0n) is 5.89. The zero-order valence-corrected chi connectivity index (χ0v) is 6.70. The van der Waals surface area contributed by atoms with E-state index in [4.69, 9.17) is 0 Å². The number of hydrogen-bond donors (Lipinski definition) is 2. The maximum atomic E-state index is 11.2. The summed E-state index contributed by atoms with van der Waals surface area (Å²) in [6.45, 7) is 0.548. The Bertz CT molecular complexity index is 257. The highest BCUT2D eigenvalue weighted by Crippen LogP contribution is 2.20. The summed E-state index contributed by atoms with van der Waals surface area (Å²) in [6.07, 6.45) is 1.95. The number of carbonyl (C=O) groups is 1. The van der Waals surface area contributed by atoms with E-state index in [2.05, 4.69) is 10.6 Å². The molecule has 0 atom stereocenters. The first-order chi connectivity index (χ1) is 5.38. The van der Waals surface area contributed by atoms with Crippen LogP contribution in [0.2, 0.25) is 0 Å². The monoisotopic (exact) mass is 168 g/mol. The summed E-state index contributed by atoms with van der Waals surface area (Å²) in [6, 6.07) is 0. The van der Waals surface area contributed by atoms with Crippen molar-refractivity contribution >= 4 is 17.7 Å². The van der Waals surface area contributed by atoms with Crippen LogP contribution < -0.4 is 10.6 Å². The van der Waals surface area contributed by atoms with Gasteiger partial charge in [0.2, 0.25) is 0 Å². The first-order valence-electron chi connectivity index (χ1n) is 3.41. The fraction of sp³-hybridized carbons (Fsp3) is 0.286. The van der Waals surface area contributed by atoms with Crippen molar-refractivity contribution in [3.63, 3.8) is 0 Å². The summed E-state index contributed by atoms with van der Waals surface area (Å²) < 4.78 is 0. The molecule has 0 aromatic heterocycles. The topological polar surface area (TPSA) is 41.1 Å². The van der Waals surface area contributed by atoms with Crippen molar-refractivity contribution in [2.75, 3.05) is 12.4 Å². The first kappa shape index (κ1) is 6.79. The summed E-state index contributed by atoms with van der Waals surface area (Å²) >= 11 is 1.65. The van der Waals surface area contributed by atoms with Gasteiger partial charge >= 0.3 is 0 Å². The molecule has 0 unspecified atom stereocenters. The Kier molecular flexibility index (Phi) is 1.62. The van der Waals surface area contributed by atoms with Crippen LogP contribution in [0.15, 0.2) is 22.8 Å². The van der Waals surface area contributed by atoms with Gasteiger partial charge < -0.3 is 10.6 Å². The van der Waals surface area contributed by atoms with Crippen LogP contribution in [0.1, 0.15) is 0 Å². The lowest BCUT2D eigenvalue weighted by Crippen LogP contribution is -2.41. The molecule has 2 aliphatic rings. The van der Waals surface area contributed by atoms with E-state index in [9.17, 15) is 4.79 Å². The molecule has 0 radical (unpaired) electrons. The van der Waals surface area contributed by atoms with Crippen LogP contribution in [0.3, 0.4) is 0 Å². The molecular formula is C7H8N2OS. The van der Waals surface area contributed by atoms with Gasteiger partial charge in [0.25, 0.3) is 5.91 Å². The minimum Gasteiger partial charge on any atom is -0.367 e. The van der Waals surface area contributed by atoms with E-state index in [1.165, 1.54) is 0 Å². The lowest BCUT2D eigenvalue weighted by molar-refractivity contribution is -0.117. The van der Waals surface area contributed by atoms with Gasteiger partial charge in [-0.1, -0.05) is 0 Å². The largest absolute Gasteiger partial charge is 0.367 e. The zero-order chi connectivity index (χ0) is 7.68. The Morgan fingerprint density at radius 1 is 1.45 bits per heavy atom. The van der Waals surface area contributed by atoms with Gasteiger partial charge in [0.05, 0.1) is 12.2 Å². The number of carbonyl (C=O) groups excluding carboxylic acids is 1. The van der Waals surface area contributed by atoms with Crippen LogP contribution >= 0.6 is 11.8 Å². The molecule has 2 N–H and O–H groups in total. The molecule has 58 valence electrons. The summed E-state index contributed by atoms with van der Waals surface area (Å²) in [7, 11) is 0. The van der Waals surface area contributed by atoms with Crippen molar-refractivity contribution in [1.29, 1.82) is 0 Å². The fourth-order valence-electron chi connectivity index (χ4n) is 1.11. The number of amides is 1. The molecular weight excluding hydrogens is 160 g/mol. The van der Waals surface area contributed by atoms with Gasteiger partial charge in [-0.3, -0.25) is 4.79 Å². The standard InChI is InChI=1S/C7H8N2OS/c10-7-5-3-11-2-1-6(5)8-4-9-7/h1-2,8H,3-4H2,(H,9,10). The van der Waals surface area contributed by atoms with E-state index in [1.807, 2.05) is 11.5 Å². The molecule has 2 aliphatic heterocycles. The Balaban J connectivity index is 2.35. The highest BCUT2D eigenvalue weighted by molar-refractivity contribution is 8.02. The summed E-state index contributed by atoms with van der Waals surface area (Å²) in [5.41, 5.74) is 1.84. The van der Waals surface area contributed by atoms with Gasteiger partial charge in [0.1, 0.15) is 0 Å². The van der Waals surface area contributed by atoms with Gasteiger partial charge in [-0.15, -0.1) is 11.8 Å². The molecule has 1 amide bonds. The van der Waals surface area contributed by atoms with Gasteiger partial charge in [-0.25, -0.2) is 0 Å². The highest BCUT2D eigenvalue weighted by atomic mass is 32.2. The molecule has 3 nitrogen and oxygen atoms in total. The van der Waals surface area contributed by atoms with Crippen LogP contribution in [-0.2, 0) is 4.79 Å². The second-order valence-electron chi connectivity index (χ2n) is 2.37. The van der Waals surface area contributed by atoms with Gasteiger partial charge in [-0.2, -0.15) is 0 Å². The van der Waals surface area contributed by atoms with Crippen molar-refractivity contribution in [2.24, 2.45) is 0 Å². The SMILES string of the molecule is O=C1NCNC2=C1CSC=C2. The quantitative estimate of drug-likeness (QED) is 0.542. The van der Waals surface area contributed by atoms with Gasteiger partial charge in [-0.05, 0) is 11.5 Å². The maximum Gasteiger partial charge on any atom is 0.251 e. The summed E-state index contributed by atoms with van der Waals surface area (Å²) in [5, 5.41) is 7.83. The van der Waals surface area contributed by atoms with Crippen molar-refractivity contribution in [3.05, 3.63) is 22.8 Å². The summed E-state index contributed by atoms with van der Waals surface area (Å²) in [4.78, 5) is 11.2. The molecule has 2 heterocycles. The molecule has 0 aliphatic carbocycles. The number of rotatable bonds is 0. The number of hydrogen-bond acceptors (Lipinski definition) is 3. The molecule has 0 spiro atoms. The maximum absolute atomic E-state index is 11.2. The molecule has 2 rings (SSSR count). The molecule has 0 fully saturated rings. The molecule has 0 bridgehead atoms. The van der Waals surface area contributed by atoms with Crippen molar-refractivity contribution in [3.8, 4) is 0 Å². The van der Waals surface area contributed by atoms with Crippen LogP contribution in [-0.4, -0.2) is 18.3 Å². The molecule has 4 heteroatoms. The van der Waals surface area contributed by atoms with Crippen LogP contribution in [0.5, 0.6) is 0 Å². The van der Waals surface area contributed by atoms with Crippen molar-refractivity contribution < 1.29 is 4.79 Å². The minimum atomic E-state index is 0.0654. The number of allylic oxidation sites excluding steroid dienone is 1. The Hall–Kier alpha value is -0.900. The van der Waals surface area contributed by atoms with Gasteiger partial charge in [0.15, 0.2) is 0 Å². The first-order valence-corrected chi connectivity index (χ1v) is 4.46. The summed E-state index contributed by atoms with van der Waals surface area (Å²) in [5.74, 6) is 0.848. The second kappa shape index (κ2) is 2.62. The van der Waals surface area contributed by atoms with E-state index in [1.54, 1.807) is 11.8 Å². The third-order valence-electron chi connectivity index (χ3n) is 1.69. The second-order valence-corrected chi connectivity index (χ2v) is 3.26. The predicted octanol–water partition coefficient (Wildman–Crippen LogP) is 0.178. The predicted molar refractivity (Wildman–Crippen MR) is 44.8 cm³/mol. The third kappa shape index (κ3) is 1.14. The van der Waals surface area contributed by atoms with Crippen LogP contribution in [0.4, 0.5) is 0 Å². The Morgan fingerprint density at radius 2 is 2.36 bits per heavy atom. The Morgan fingerprint density at radius 3 is 3.18 bits per heavy atom.